The molecule has 0 saturated heterocycles. The molecule has 0 fully saturated rings. The number of aryl methyl sites for hydroxylation is 2. The van der Waals surface area contributed by atoms with E-state index in [4.69, 9.17) is 4.84 Å². The van der Waals surface area contributed by atoms with Crippen LogP contribution >= 0.6 is 11.8 Å². The van der Waals surface area contributed by atoms with Crippen molar-refractivity contribution in [2.45, 2.75) is 25.2 Å². The number of nitrogens with zero attached hydrogens (tertiary/aromatic N) is 3. The van der Waals surface area contributed by atoms with E-state index in [2.05, 4.69) is 71.8 Å². The van der Waals surface area contributed by atoms with Crippen LogP contribution in [0.2, 0.25) is 0 Å². The number of anilines is 2. The molecule has 2 aliphatic heterocycles. The highest BCUT2D eigenvalue weighted by atomic mass is 32.2. The van der Waals surface area contributed by atoms with E-state index >= 15 is 0 Å². The Morgan fingerprint density at radius 1 is 1.00 bits per heavy atom. The van der Waals surface area contributed by atoms with Crippen molar-refractivity contribution in [3.05, 3.63) is 65.5 Å². The molecule has 4 nitrogen and oxygen atoms in total. The summed E-state index contributed by atoms with van der Waals surface area (Å²) >= 11 is 1.90. The van der Waals surface area contributed by atoms with Crippen molar-refractivity contribution in [3.8, 4) is 0 Å². The van der Waals surface area contributed by atoms with Gasteiger partial charge >= 0.3 is 0 Å². The molecule has 5 heteroatoms. The van der Waals surface area contributed by atoms with Crippen LogP contribution in [-0.4, -0.2) is 32.7 Å². The van der Waals surface area contributed by atoms with Crippen LogP contribution in [0.15, 0.2) is 58.8 Å². The lowest BCUT2D eigenvalue weighted by Gasteiger charge is -2.16. The highest BCUT2D eigenvalue weighted by Gasteiger charge is 2.23. The number of hydrogen-bond donors (Lipinski definition) is 0. The molecule has 0 atom stereocenters. The fourth-order valence-corrected chi connectivity index (χ4v) is 4.40. The van der Waals surface area contributed by atoms with Gasteiger partial charge in [-0.2, -0.15) is 0 Å². The maximum atomic E-state index is 4.85. The van der Waals surface area contributed by atoms with E-state index in [0.29, 0.717) is 0 Å². The van der Waals surface area contributed by atoms with E-state index in [1.165, 1.54) is 33.0 Å². The van der Waals surface area contributed by atoms with Gasteiger partial charge in [0.25, 0.3) is 0 Å². The number of thioether (sulfide) groups is 1. The van der Waals surface area contributed by atoms with Gasteiger partial charge < -0.3 is 14.6 Å². The van der Waals surface area contributed by atoms with Gasteiger partial charge in [-0.05, 0) is 43.2 Å². The summed E-state index contributed by atoms with van der Waals surface area (Å²) in [5.74, 6) is 2.12. The summed E-state index contributed by atoms with van der Waals surface area (Å²) in [6, 6.07) is 12.9. The second kappa shape index (κ2) is 8.09. The number of rotatable bonds is 1. The van der Waals surface area contributed by atoms with E-state index in [0.717, 1.165) is 23.7 Å². The summed E-state index contributed by atoms with van der Waals surface area (Å²) in [5, 5.41) is 4.06. The molecule has 27 heavy (non-hydrogen) atoms. The van der Waals surface area contributed by atoms with Crippen molar-refractivity contribution >= 4 is 28.8 Å². The van der Waals surface area contributed by atoms with Crippen LogP contribution in [0.4, 0.5) is 11.4 Å². The molecule has 0 spiro atoms. The van der Waals surface area contributed by atoms with Crippen molar-refractivity contribution in [1.82, 2.24) is 0 Å². The number of benzene rings is 2. The second-order valence-electron chi connectivity index (χ2n) is 6.85. The summed E-state index contributed by atoms with van der Waals surface area (Å²) in [4.78, 5) is 10.4. The molecule has 0 aliphatic carbocycles. The molecule has 2 aliphatic rings. The zero-order chi connectivity index (χ0) is 19.6. The van der Waals surface area contributed by atoms with E-state index in [1.807, 2.05) is 25.9 Å². The molecule has 2 aromatic carbocycles. The van der Waals surface area contributed by atoms with Crippen molar-refractivity contribution in [1.29, 1.82) is 0 Å². The SMILES string of the molecule is C=C1N(C)c2ccc(C)cc2N1C.CO/N=C1/CCSc2cc(C)ccc21. The summed E-state index contributed by atoms with van der Waals surface area (Å²) in [6.45, 7) is 8.23. The molecule has 0 bridgehead atoms. The lowest BCUT2D eigenvalue weighted by atomic mass is 10.1. The Hall–Kier alpha value is -2.40. The Kier molecular flexibility index (Phi) is 5.80. The average molecular weight is 382 g/mol. The Morgan fingerprint density at radius 2 is 1.67 bits per heavy atom. The molecule has 0 radical (unpaired) electrons. The molecule has 0 amide bonds. The quantitative estimate of drug-likeness (QED) is 0.635. The number of hydrogen-bond acceptors (Lipinski definition) is 5. The minimum atomic E-state index is 0.995. The van der Waals surface area contributed by atoms with Gasteiger partial charge in [0, 0.05) is 36.7 Å². The van der Waals surface area contributed by atoms with Crippen molar-refractivity contribution in [2.75, 3.05) is 36.8 Å². The smallest absolute Gasteiger partial charge is 0.106 e. The number of fused-ring (bicyclic) bond motifs is 2. The van der Waals surface area contributed by atoms with Crippen LogP contribution in [0.3, 0.4) is 0 Å². The minimum Gasteiger partial charge on any atom is -0.399 e. The third-order valence-electron chi connectivity index (χ3n) is 4.87. The Bertz CT molecular complexity index is 891. The summed E-state index contributed by atoms with van der Waals surface area (Å²) in [5.41, 5.74) is 7.36. The Labute approximate surface area is 166 Å². The molecule has 2 aromatic rings. The van der Waals surface area contributed by atoms with Gasteiger partial charge in [-0.15, -0.1) is 11.8 Å². The third kappa shape index (κ3) is 3.98. The van der Waals surface area contributed by atoms with E-state index in [9.17, 15) is 0 Å². The first-order chi connectivity index (χ1) is 12.9. The molecule has 0 N–H and O–H groups in total. The molecule has 0 saturated carbocycles. The molecule has 0 unspecified atom stereocenters. The lowest BCUT2D eigenvalue weighted by molar-refractivity contribution is 0.213. The summed E-state index contributed by atoms with van der Waals surface area (Å²) in [7, 11) is 5.69. The zero-order valence-corrected chi connectivity index (χ0v) is 17.6. The van der Waals surface area contributed by atoms with Gasteiger partial charge in [0.15, 0.2) is 0 Å². The minimum absolute atomic E-state index is 0.995. The predicted octanol–water partition coefficient (Wildman–Crippen LogP) is 5.19. The normalized spacial score (nSPS) is 16.6. The predicted molar refractivity (Wildman–Crippen MR) is 117 cm³/mol. The third-order valence-corrected chi connectivity index (χ3v) is 5.93. The highest BCUT2D eigenvalue weighted by Crippen LogP contribution is 2.39. The van der Waals surface area contributed by atoms with Gasteiger partial charge in [-0.25, -0.2) is 0 Å². The first-order valence-corrected chi connectivity index (χ1v) is 10.0. The first-order valence-electron chi connectivity index (χ1n) is 9.03. The maximum Gasteiger partial charge on any atom is 0.106 e. The molecular weight excluding hydrogens is 354 g/mol. The fourth-order valence-electron chi connectivity index (χ4n) is 3.27. The van der Waals surface area contributed by atoms with Crippen LogP contribution in [-0.2, 0) is 4.84 Å². The van der Waals surface area contributed by atoms with E-state index in [-0.39, 0.29) is 0 Å². The van der Waals surface area contributed by atoms with Crippen molar-refractivity contribution in [3.63, 3.8) is 0 Å². The molecule has 142 valence electrons. The van der Waals surface area contributed by atoms with Gasteiger partial charge in [0.05, 0.1) is 17.1 Å². The maximum absolute atomic E-state index is 4.85. The summed E-state index contributed by atoms with van der Waals surface area (Å²) < 4.78 is 0. The van der Waals surface area contributed by atoms with E-state index in [1.54, 1.807) is 7.11 Å². The van der Waals surface area contributed by atoms with Crippen LogP contribution in [0.25, 0.3) is 0 Å². The lowest BCUT2D eigenvalue weighted by Crippen LogP contribution is -2.20. The molecular formula is C22H27N3OS. The zero-order valence-electron chi connectivity index (χ0n) is 16.7. The highest BCUT2D eigenvalue weighted by molar-refractivity contribution is 7.99. The van der Waals surface area contributed by atoms with Gasteiger partial charge in [-0.1, -0.05) is 29.9 Å². The summed E-state index contributed by atoms with van der Waals surface area (Å²) in [6.07, 6.45) is 0.995. The van der Waals surface area contributed by atoms with Gasteiger partial charge in [-0.3, -0.25) is 0 Å². The van der Waals surface area contributed by atoms with Crippen LogP contribution in [0, 0.1) is 13.8 Å². The van der Waals surface area contributed by atoms with Crippen LogP contribution < -0.4 is 9.80 Å². The Balaban J connectivity index is 0.000000156. The fraction of sp³-hybridized carbons (Fsp3) is 0.318. The number of oxime groups is 1. The molecule has 2 heterocycles. The van der Waals surface area contributed by atoms with Gasteiger partial charge in [0.1, 0.15) is 12.9 Å². The average Bonchev–Trinajstić information content (AvgIpc) is 2.86. The van der Waals surface area contributed by atoms with Gasteiger partial charge in [0.2, 0.25) is 0 Å². The first kappa shape index (κ1) is 19.4. The van der Waals surface area contributed by atoms with E-state index < -0.39 is 0 Å². The molecule has 0 aromatic heterocycles. The monoisotopic (exact) mass is 381 g/mol. The standard InChI is InChI=1S/C11H14N2.C11H13NOS/c1-8-5-6-10-11(7-8)13(4)9(2)12(10)3;1-8-3-4-9-10(12-13-2)5-6-14-11(9)7-8/h5-7H,2H2,1,3-4H3;3-4,7H,5-6H2,1-2H3/b;12-10-. The molecule has 4 rings (SSSR count). The van der Waals surface area contributed by atoms with Crippen molar-refractivity contribution < 1.29 is 4.84 Å². The van der Waals surface area contributed by atoms with Crippen molar-refractivity contribution in [2.24, 2.45) is 5.16 Å². The van der Waals surface area contributed by atoms with Crippen LogP contribution in [0.5, 0.6) is 0 Å². The Morgan fingerprint density at radius 3 is 2.41 bits per heavy atom. The second-order valence-corrected chi connectivity index (χ2v) is 7.98. The van der Waals surface area contributed by atoms with Crippen LogP contribution in [0.1, 0.15) is 23.1 Å². The largest absolute Gasteiger partial charge is 0.399 e. The topological polar surface area (TPSA) is 28.1 Å².